The minimum Gasteiger partial charge on any atom is -0.481 e. The second-order valence-electron chi connectivity index (χ2n) is 7.81. The number of carbonyl (C=O) groups is 2. The molecule has 2 N–H and O–H groups in total. The fourth-order valence-electron chi connectivity index (χ4n) is 4.53. The highest BCUT2D eigenvalue weighted by Gasteiger charge is 2.60. The lowest BCUT2D eigenvalue weighted by atomic mass is 9.95. The number of amides is 1. The summed E-state index contributed by atoms with van der Waals surface area (Å²) in [5.74, 6) is -2.73. The number of carboxylic acids is 1. The molecule has 2 aromatic carbocycles. The lowest BCUT2D eigenvalue weighted by Crippen LogP contribution is -2.57. The molecule has 0 bridgehead atoms. The van der Waals surface area contributed by atoms with Crippen molar-refractivity contribution in [2.45, 2.75) is 36.9 Å². The third-order valence-corrected chi connectivity index (χ3v) is 6.09. The molecule has 0 heterocycles. The molecule has 2 aliphatic rings. The Morgan fingerprint density at radius 2 is 1.63 bits per heavy atom. The van der Waals surface area contributed by atoms with E-state index >= 15 is 0 Å². The fraction of sp³-hybridized carbons (Fsp3) is 0.364. The Morgan fingerprint density at radius 3 is 2.13 bits per heavy atom. The van der Waals surface area contributed by atoms with E-state index in [1.807, 2.05) is 53.8 Å². The van der Waals surface area contributed by atoms with Gasteiger partial charge < -0.3 is 15.2 Å². The van der Waals surface area contributed by atoms with Crippen molar-refractivity contribution in [1.29, 1.82) is 0 Å². The first kappa shape index (κ1) is 20.3. The van der Waals surface area contributed by atoms with Gasteiger partial charge in [0.2, 0.25) is 0 Å². The number of ether oxygens (including phenoxy) is 1. The third kappa shape index (κ3) is 3.40. The number of aliphatic carboxylic acids is 1. The van der Waals surface area contributed by atoms with E-state index in [1.165, 1.54) is 0 Å². The quantitative estimate of drug-likeness (QED) is 0.753. The van der Waals surface area contributed by atoms with E-state index < -0.39 is 42.5 Å². The van der Waals surface area contributed by atoms with Gasteiger partial charge in [-0.1, -0.05) is 48.5 Å². The Hall–Kier alpha value is -3.03. The van der Waals surface area contributed by atoms with Crippen molar-refractivity contribution in [1.82, 2.24) is 5.32 Å². The first-order chi connectivity index (χ1) is 14.2. The predicted molar refractivity (Wildman–Crippen MR) is 102 cm³/mol. The van der Waals surface area contributed by atoms with E-state index in [1.54, 1.807) is 0 Å². The van der Waals surface area contributed by atoms with Gasteiger partial charge in [0.1, 0.15) is 12.1 Å². The van der Waals surface area contributed by atoms with Gasteiger partial charge in [-0.2, -0.15) is 13.2 Å². The van der Waals surface area contributed by atoms with E-state index in [0.29, 0.717) is 0 Å². The van der Waals surface area contributed by atoms with Gasteiger partial charge >= 0.3 is 18.2 Å². The van der Waals surface area contributed by atoms with Crippen LogP contribution in [0, 0.1) is 5.92 Å². The van der Waals surface area contributed by atoms with Crippen LogP contribution >= 0.6 is 0 Å². The maximum absolute atomic E-state index is 13.7. The topological polar surface area (TPSA) is 75.6 Å². The van der Waals surface area contributed by atoms with E-state index in [9.17, 15) is 22.8 Å². The van der Waals surface area contributed by atoms with Crippen LogP contribution in [0.1, 0.15) is 36.3 Å². The van der Waals surface area contributed by atoms with Crippen molar-refractivity contribution < 1.29 is 32.6 Å². The van der Waals surface area contributed by atoms with Gasteiger partial charge in [0, 0.05) is 5.92 Å². The summed E-state index contributed by atoms with van der Waals surface area (Å²) < 4.78 is 46.3. The average molecular weight is 419 g/mol. The molecule has 158 valence electrons. The van der Waals surface area contributed by atoms with Crippen molar-refractivity contribution in [3.8, 4) is 11.1 Å². The molecule has 2 aliphatic carbocycles. The minimum atomic E-state index is -4.78. The molecule has 2 atom stereocenters. The number of hydrogen-bond donors (Lipinski definition) is 2. The number of alkyl carbamates (subject to hydrolysis) is 1. The van der Waals surface area contributed by atoms with Gasteiger partial charge in [-0.3, -0.25) is 4.79 Å². The number of rotatable bonds is 4. The maximum Gasteiger partial charge on any atom is 0.411 e. The van der Waals surface area contributed by atoms with Crippen molar-refractivity contribution in [3.05, 3.63) is 59.7 Å². The zero-order valence-corrected chi connectivity index (χ0v) is 15.9. The lowest BCUT2D eigenvalue weighted by molar-refractivity contribution is -0.193. The molecule has 5 nitrogen and oxygen atoms in total. The number of fused-ring (bicyclic) bond motifs is 3. The molecular formula is C22H20F3NO4. The summed E-state index contributed by atoms with van der Waals surface area (Å²) in [7, 11) is 0. The molecule has 30 heavy (non-hydrogen) atoms. The molecule has 2 unspecified atom stereocenters. The summed E-state index contributed by atoms with van der Waals surface area (Å²) in [4.78, 5) is 23.5. The highest BCUT2D eigenvalue weighted by Crippen LogP contribution is 2.46. The first-order valence-corrected chi connectivity index (χ1v) is 9.64. The van der Waals surface area contributed by atoms with Crippen LogP contribution in [0.15, 0.2) is 48.5 Å². The zero-order chi connectivity index (χ0) is 21.5. The fourth-order valence-corrected chi connectivity index (χ4v) is 4.53. The predicted octanol–water partition coefficient (Wildman–Crippen LogP) is 4.71. The number of carbonyl (C=O) groups excluding carboxylic acids is 1. The molecule has 2 aromatic rings. The van der Waals surface area contributed by atoms with Gasteiger partial charge in [-0.15, -0.1) is 0 Å². The van der Waals surface area contributed by atoms with Crippen molar-refractivity contribution in [3.63, 3.8) is 0 Å². The standard InChI is InChI=1S/C22H20F3NO4/c23-22(24,25)21(10-9-13(11-21)19(27)28)26-20(29)30-12-18-16-7-3-1-5-14(16)15-6-2-4-8-17(15)18/h1-8,13,18H,9-12H2,(H,26,29)(H,27,28). The summed E-state index contributed by atoms with van der Waals surface area (Å²) in [6, 6.07) is 15.3. The summed E-state index contributed by atoms with van der Waals surface area (Å²) in [5, 5.41) is 11.0. The lowest BCUT2D eigenvalue weighted by Gasteiger charge is -2.32. The van der Waals surface area contributed by atoms with E-state index in [4.69, 9.17) is 9.84 Å². The number of halogens is 3. The molecule has 1 fully saturated rings. The Balaban J connectivity index is 1.49. The van der Waals surface area contributed by atoms with Crippen LogP contribution < -0.4 is 5.32 Å². The molecule has 0 spiro atoms. The second kappa shape index (κ2) is 7.34. The Labute approximate surface area is 170 Å². The Morgan fingerprint density at radius 1 is 1.07 bits per heavy atom. The summed E-state index contributed by atoms with van der Waals surface area (Å²) in [6.07, 6.45) is -7.31. The number of nitrogens with one attached hydrogen (secondary N) is 1. The van der Waals surface area contributed by atoms with Gasteiger partial charge in [0.25, 0.3) is 0 Å². The summed E-state index contributed by atoms with van der Waals surface area (Å²) in [5.41, 5.74) is 1.33. The SMILES string of the molecule is O=C(NC1(C(F)(F)F)CCC(C(=O)O)C1)OCC1c2ccccc2-c2ccccc21. The van der Waals surface area contributed by atoms with Crippen LogP contribution in [0.25, 0.3) is 11.1 Å². The van der Waals surface area contributed by atoms with Gasteiger partial charge in [0.05, 0.1) is 5.92 Å². The molecule has 1 amide bonds. The van der Waals surface area contributed by atoms with Crippen LogP contribution in [0.4, 0.5) is 18.0 Å². The third-order valence-electron chi connectivity index (χ3n) is 6.09. The summed E-state index contributed by atoms with van der Waals surface area (Å²) in [6.45, 7) is -0.115. The Kier molecular flexibility index (Phi) is 4.95. The van der Waals surface area contributed by atoms with Crippen LogP contribution in [0.5, 0.6) is 0 Å². The normalized spacial score (nSPS) is 23.0. The van der Waals surface area contributed by atoms with Crippen molar-refractivity contribution >= 4 is 12.1 Å². The Bertz CT molecular complexity index is 945. The molecule has 8 heteroatoms. The molecular weight excluding hydrogens is 399 g/mol. The first-order valence-electron chi connectivity index (χ1n) is 9.64. The molecule has 1 saturated carbocycles. The van der Waals surface area contributed by atoms with Gasteiger partial charge in [-0.05, 0) is 41.5 Å². The van der Waals surface area contributed by atoms with Gasteiger partial charge in [-0.25, -0.2) is 4.79 Å². The largest absolute Gasteiger partial charge is 0.481 e. The van der Waals surface area contributed by atoms with Gasteiger partial charge in [0.15, 0.2) is 0 Å². The minimum absolute atomic E-state index is 0.115. The number of benzene rings is 2. The highest BCUT2D eigenvalue weighted by atomic mass is 19.4. The van der Waals surface area contributed by atoms with Crippen LogP contribution in [0.3, 0.4) is 0 Å². The maximum atomic E-state index is 13.7. The summed E-state index contributed by atoms with van der Waals surface area (Å²) >= 11 is 0. The molecule has 0 aliphatic heterocycles. The van der Waals surface area contributed by atoms with Crippen molar-refractivity contribution in [2.75, 3.05) is 6.61 Å². The molecule has 0 aromatic heterocycles. The van der Waals surface area contributed by atoms with Crippen LogP contribution in [-0.2, 0) is 9.53 Å². The van der Waals surface area contributed by atoms with E-state index in [0.717, 1.165) is 22.3 Å². The van der Waals surface area contributed by atoms with E-state index in [-0.39, 0.29) is 18.9 Å². The second-order valence-corrected chi connectivity index (χ2v) is 7.81. The van der Waals surface area contributed by atoms with Crippen LogP contribution in [-0.4, -0.2) is 35.5 Å². The zero-order valence-electron chi connectivity index (χ0n) is 15.9. The van der Waals surface area contributed by atoms with Crippen LogP contribution in [0.2, 0.25) is 0 Å². The average Bonchev–Trinajstić information content (AvgIpc) is 3.27. The van der Waals surface area contributed by atoms with Crippen molar-refractivity contribution in [2.24, 2.45) is 5.92 Å². The van der Waals surface area contributed by atoms with E-state index in [2.05, 4.69) is 0 Å². The highest BCUT2D eigenvalue weighted by molar-refractivity contribution is 5.79. The molecule has 0 radical (unpaired) electrons. The molecule has 0 saturated heterocycles. The number of carboxylic acid groups (broad SMARTS) is 1. The smallest absolute Gasteiger partial charge is 0.411 e. The molecule has 4 rings (SSSR count). The monoisotopic (exact) mass is 419 g/mol. The number of hydrogen-bond acceptors (Lipinski definition) is 3. The number of alkyl halides is 3.